The zero-order valence-electron chi connectivity index (χ0n) is 7.91. The predicted octanol–water partition coefficient (Wildman–Crippen LogP) is 1.57. The molecular formula is C10H12N2O2. The highest BCUT2D eigenvalue weighted by Gasteiger charge is 2.01. The molecule has 0 saturated carbocycles. The smallest absolute Gasteiger partial charge is 0.120 e. The van der Waals surface area contributed by atoms with E-state index in [0.717, 1.165) is 22.3 Å². The second-order valence-corrected chi connectivity index (χ2v) is 3.06. The Kier molecular flexibility index (Phi) is 2.39. The summed E-state index contributed by atoms with van der Waals surface area (Å²) >= 11 is 0. The van der Waals surface area contributed by atoms with Crippen LogP contribution in [0.4, 0.5) is 0 Å². The summed E-state index contributed by atoms with van der Waals surface area (Å²) in [5.41, 5.74) is 1.98. The topological polar surface area (TPSA) is 60.3 Å². The van der Waals surface area contributed by atoms with Crippen molar-refractivity contribution < 1.29 is 9.57 Å². The summed E-state index contributed by atoms with van der Waals surface area (Å²) in [4.78, 5) is 7.74. The standard InChI is InChI=1S/C10H12N2O2/c1-13-9-3-2-7-4-8(6-14-11)12-10(7)5-9/h2-5,12H,6,11H2,1H3. The lowest BCUT2D eigenvalue weighted by atomic mass is 10.2. The number of H-pyrrole nitrogens is 1. The van der Waals surface area contributed by atoms with Crippen molar-refractivity contribution >= 4 is 10.9 Å². The number of methoxy groups -OCH3 is 1. The fourth-order valence-electron chi connectivity index (χ4n) is 1.46. The number of nitrogens with two attached hydrogens (primary N) is 1. The molecule has 0 spiro atoms. The molecule has 0 aliphatic heterocycles. The van der Waals surface area contributed by atoms with Crippen LogP contribution in [0.5, 0.6) is 5.75 Å². The minimum absolute atomic E-state index is 0.386. The highest BCUT2D eigenvalue weighted by molar-refractivity contribution is 5.81. The molecule has 1 aromatic carbocycles. The Morgan fingerprint density at radius 3 is 2.93 bits per heavy atom. The minimum Gasteiger partial charge on any atom is -0.497 e. The van der Waals surface area contributed by atoms with Crippen molar-refractivity contribution in [2.45, 2.75) is 6.61 Å². The molecule has 4 nitrogen and oxygen atoms in total. The fraction of sp³-hybridized carbons (Fsp3) is 0.200. The van der Waals surface area contributed by atoms with Crippen LogP contribution >= 0.6 is 0 Å². The van der Waals surface area contributed by atoms with Gasteiger partial charge >= 0.3 is 0 Å². The van der Waals surface area contributed by atoms with Crippen LogP contribution in [0, 0.1) is 0 Å². The summed E-state index contributed by atoms with van der Waals surface area (Å²) in [6.45, 7) is 0.386. The van der Waals surface area contributed by atoms with Crippen molar-refractivity contribution in [2.24, 2.45) is 5.90 Å². The maximum absolute atomic E-state index is 5.12. The van der Waals surface area contributed by atoms with Crippen LogP contribution in [0.25, 0.3) is 10.9 Å². The van der Waals surface area contributed by atoms with E-state index in [1.807, 2.05) is 24.3 Å². The summed E-state index contributed by atoms with van der Waals surface area (Å²) in [7, 11) is 1.65. The average molecular weight is 192 g/mol. The lowest BCUT2D eigenvalue weighted by Gasteiger charge is -1.97. The number of hydrogen-bond donors (Lipinski definition) is 2. The van der Waals surface area contributed by atoms with Crippen molar-refractivity contribution in [1.29, 1.82) is 0 Å². The second kappa shape index (κ2) is 3.69. The van der Waals surface area contributed by atoms with E-state index in [2.05, 4.69) is 9.82 Å². The van der Waals surface area contributed by atoms with Crippen LogP contribution in [-0.4, -0.2) is 12.1 Å². The van der Waals surface area contributed by atoms with Crippen molar-refractivity contribution in [3.05, 3.63) is 30.0 Å². The largest absolute Gasteiger partial charge is 0.497 e. The second-order valence-electron chi connectivity index (χ2n) is 3.06. The van der Waals surface area contributed by atoms with Gasteiger partial charge in [-0.3, -0.25) is 4.84 Å². The maximum Gasteiger partial charge on any atom is 0.120 e. The number of aromatic amines is 1. The van der Waals surface area contributed by atoms with Gasteiger partial charge in [-0.25, -0.2) is 5.90 Å². The fourth-order valence-corrected chi connectivity index (χ4v) is 1.46. The number of aromatic nitrogens is 1. The third-order valence-corrected chi connectivity index (χ3v) is 2.12. The molecule has 0 fully saturated rings. The first-order valence-electron chi connectivity index (χ1n) is 4.31. The molecule has 4 heteroatoms. The number of fused-ring (bicyclic) bond motifs is 1. The molecule has 0 atom stereocenters. The Bertz CT molecular complexity index is 437. The van der Waals surface area contributed by atoms with Crippen molar-refractivity contribution in [3.8, 4) is 5.75 Å². The maximum atomic E-state index is 5.12. The van der Waals surface area contributed by atoms with Crippen molar-refractivity contribution in [1.82, 2.24) is 4.98 Å². The Labute approximate surface area is 81.6 Å². The van der Waals surface area contributed by atoms with E-state index in [4.69, 9.17) is 10.6 Å². The predicted molar refractivity (Wildman–Crippen MR) is 53.8 cm³/mol. The first-order chi connectivity index (χ1) is 6.83. The Hall–Kier alpha value is -1.52. The van der Waals surface area contributed by atoms with E-state index in [1.54, 1.807) is 7.11 Å². The van der Waals surface area contributed by atoms with E-state index >= 15 is 0 Å². The zero-order valence-corrected chi connectivity index (χ0v) is 7.91. The monoisotopic (exact) mass is 192 g/mol. The SMILES string of the molecule is COc1ccc2cc(CON)[nH]c2c1. The summed E-state index contributed by atoms with van der Waals surface area (Å²) in [6, 6.07) is 7.85. The third-order valence-electron chi connectivity index (χ3n) is 2.12. The molecule has 0 aliphatic carbocycles. The average Bonchev–Trinajstić information content (AvgIpc) is 2.59. The quantitative estimate of drug-likeness (QED) is 0.725. The normalized spacial score (nSPS) is 10.7. The molecule has 74 valence electrons. The van der Waals surface area contributed by atoms with E-state index in [-0.39, 0.29) is 0 Å². The molecule has 0 radical (unpaired) electrons. The van der Waals surface area contributed by atoms with Gasteiger partial charge in [0.2, 0.25) is 0 Å². The van der Waals surface area contributed by atoms with E-state index < -0.39 is 0 Å². The van der Waals surface area contributed by atoms with Gasteiger partial charge in [-0.15, -0.1) is 0 Å². The lowest BCUT2D eigenvalue weighted by Crippen LogP contribution is -1.98. The van der Waals surface area contributed by atoms with Gasteiger partial charge in [0.1, 0.15) is 12.4 Å². The van der Waals surface area contributed by atoms with Crippen LogP contribution in [0.1, 0.15) is 5.69 Å². The molecule has 2 aromatic rings. The van der Waals surface area contributed by atoms with Gasteiger partial charge in [0.15, 0.2) is 0 Å². The lowest BCUT2D eigenvalue weighted by molar-refractivity contribution is 0.122. The van der Waals surface area contributed by atoms with Crippen LogP contribution in [0.15, 0.2) is 24.3 Å². The molecule has 0 unspecified atom stereocenters. The number of ether oxygens (including phenoxy) is 1. The van der Waals surface area contributed by atoms with Crippen LogP contribution < -0.4 is 10.6 Å². The van der Waals surface area contributed by atoms with Crippen molar-refractivity contribution in [2.75, 3.05) is 7.11 Å². The molecule has 0 saturated heterocycles. The molecular weight excluding hydrogens is 180 g/mol. The summed E-state index contributed by atoms with van der Waals surface area (Å²) in [5.74, 6) is 5.83. The zero-order chi connectivity index (χ0) is 9.97. The number of nitrogens with one attached hydrogen (secondary N) is 1. The number of benzene rings is 1. The van der Waals surface area contributed by atoms with Gasteiger partial charge in [0, 0.05) is 22.7 Å². The highest BCUT2D eigenvalue weighted by atomic mass is 16.6. The van der Waals surface area contributed by atoms with Gasteiger partial charge in [-0.2, -0.15) is 0 Å². The Morgan fingerprint density at radius 1 is 1.36 bits per heavy atom. The third kappa shape index (κ3) is 1.57. The molecule has 1 aromatic heterocycles. The van der Waals surface area contributed by atoms with Gasteiger partial charge < -0.3 is 9.72 Å². The van der Waals surface area contributed by atoms with Gasteiger partial charge in [-0.05, 0) is 18.2 Å². The molecule has 0 amide bonds. The Morgan fingerprint density at radius 2 is 2.21 bits per heavy atom. The van der Waals surface area contributed by atoms with E-state index in [0.29, 0.717) is 6.61 Å². The highest BCUT2D eigenvalue weighted by Crippen LogP contribution is 2.21. The molecule has 14 heavy (non-hydrogen) atoms. The summed E-state index contributed by atoms with van der Waals surface area (Å²) in [5, 5.41) is 1.12. The van der Waals surface area contributed by atoms with Crippen LogP contribution in [-0.2, 0) is 11.4 Å². The molecule has 2 rings (SSSR count). The first kappa shape index (κ1) is 9.05. The van der Waals surface area contributed by atoms with E-state index in [1.165, 1.54) is 0 Å². The molecule has 0 bridgehead atoms. The van der Waals surface area contributed by atoms with Gasteiger partial charge in [-0.1, -0.05) is 0 Å². The van der Waals surface area contributed by atoms with Gasteiger partial charge in [0.05, 0.1) is 7.11 Å². The number of hydrogen-bond acceptors (Lipinski definition) is 3. The van der Waals surface area contributed by atoms with Crippen LogP contribution in [0.2, 0.25) is 0 Å². The Balaban J connectivity index is 2.43. The molecule has 0 aliphatic rings. The summed E-state index contributed by atoms with van der Waals surface area (Å²) in [6.07, 6.45) is 0. The first-order valence-corrected chi connectivity index (χ1v) is 4.31. The van der Waals surface area contributed by atoms with Crippen molar-refractivity contribution in [3.63, 3.8) is 0 Å². The number of rotatable bonds is 3. The molecule has 1 heterocycles. The summed E-state index contributed by atoms with van der Waals surface area (Å²) < 4.78 is 5.12. The van der Waals surface area contributed by atoms with E-state index in [9.17, 15) is 0 Å². The van der Waals surface area contributed by atoms with Gasteiger partial charge in [0.25, 0.3) is 0 Å². The minimum atomic E-state index is 0.386. The molecule has 3 N–H and O–H groups in total. The van der Waals surface area contributed by atoms with Crippen LogP contribution in [0.3, 0.4) is 0 Å².